The van der Waals surface area contributed by atoms with Gasteiger partial charge in [0.1, 0.15) is 0 Å². The number of rotatable bonds is 6. The Bertz CT molecular complexity index is 138. The molecule has 0 rings (SSSR count). The minimum atomic E-state index is 0.254. The first-order valence-electron chi connectivity index (χ1n) is 5.78. The van der Waals surface area contributed by atoms with E-state index in [1.807, 2.05) is 11.8 Å². The zero-order chi connectivity index (χ0) is 11.9. The molecule has 0 aliphatic carbocycles. The van der Waals surface area contributed by atoms with Crippen molar-refractivity contribution in [2.45, 2.75) is 52.6 Å². The predicted octanol–water partition coefficient (Wildman–Crippen LogP) is 2.50. The highest BCUT2D eigenvalue weighted by molar-refractivity contribution is 7.99. The fourth-order valence-corrected chi connectivity index (χ4v) is 1.80. The summed E-state index contributed by atoms with van der Waals surface area (Å²) in [5.41, 5.74) is 0.508. The van der Waals surface area contributed by atoms with Gasteiger partial charge in [-0.1, -0.05) is 0 Å². The second-order valence-corrected chi connectivity index (χ2v) is 7.19. The molecule has 0 atom stereocenters. The fourth-order valence-electron chi connectivity index (χ4n) is 1.10. The number of hydrogen-bond donors (Lipinski definition) is 2. The SMILES string of the molecule is CC(C)(C)NCCSCCNC(C)(C)C. The molecule has 0 aromatic heterocycles. The van der Waals surface area contributed by atoms with E-state index in [0.29, 0.717) is 0 Å². The van der Waals surface area contributed by atoms with Gasteiger partial charge in [0.25, 0.3) is 0 Å². The van der Waals surface area contributed by atoms with E-state index in [-0.39, 0.29) is 11.1 Å². The molecule has 3 heteroatoms. The van der Waals surface area contributed by atoms with E-state index in [2.05, 4.69) is 52.2 Å². The Kier molecular flexibility index (Phi) is 6.89. The van der Waals surface area contributed by atoms with Crippen LogP contribution in [0.3, 0.4) is 0 Å². The van der Waals surface area contributed by atoms with Crippen LogP contribution < -0.4 is 10.6 Å². The van der Waals surface area contributed by atoms with Crippen LogP contribution in [0.4, 0.5) is 0 Å². The topological polar surface area (TPSA) is 24.1 Å². The Morgan fingerprint density at radius 1 is 0.733 bits per heavy atom. The Hall–Kier alpha value is 0.270. The third kappa shape index (κ3) is 14.3. The molecule has 0 fully saturated rings. The average Bonchev–Trinajstić information content (AvgIpc) is 1.98. The number of hydrogen-bond acceptors (Lipinski definition) is 3. The molecule has 0 aliphatic rings. The first-order valence-corrected chi connectivity index (χ1v) is 6.94. The summed E-state index contributed by atoms with van der Waals surface area (Å²) in [6, 6.07) is 0. The minimum Gasteiger partial charge on any atom is -0.311 e. The molecule has 0 saturated heterocycles. The van der Waals surface area contributed by atoms with E-state index >= 15 is 0 Å². The summed E-state index contributed by atoms with van der Waals surface area (Å²) in [5.74, 6) is 2.40. The Morgan fingerprint density at radius 3 is 1.33 bits per heavy atom. The van der Waals surface area contributed by atoms with E-state index < -0.39 is 0 Å². The van der Waals surface area contributed by atoms with Gasteiger partial charge >= 0.3 is 0 Å². The smallest absolute Gasteiger partial charge is 0.00968 e. The van der Waals surface area contributed by atoms with Gasteiger partial charge in [0, 0.05) is 35.7 Å². The van der Waals surface area contributed by atoms with E-state index in [9.17, 15) is 0 Å². The van der Waals surface area contributed by atoms with E-state index in [0.717, 1.165) is 13.1 Å². The van der Waals surface area contributed by atoms with Crippen LogP contribution in [0.15, 0.2) is 0 Å². The molecule has 0 aliphatic heterocycles. The first kappa shape index (κ1) is 15.3. The molecule has 0 spiro atoms. The van der Waals surface area contributed by atoms with Crippen molar-refractivity contribution in [3.05, 3.63) is 0 Å². The van der Waals surface area contributed by atoms with Crippen molar-refractivity contribution in [3.8, 4) is 0 Å². The summed E-state index contributed by atoms with van der Waals surface area (Å²) in [6.07, 6.45) is 0. The van der Waals surface area contributed by atoms with Crippen molar-refractivity contribution in [3.63, 3.8) is 0 Å². The van der Waals surface area contributed by atoms with Crippen LogP contribution in [0, 0.1) is 0 Å². The van der Waals surface area contributed by atoms with E-state index in [4.69, 9.17) is 0 Å². The molecule has 92 valence electrons. The monoisotopic (exact) mass is 232 g/mol. The highest BCUT2D eigenvalue weighted by Gasteiger charge is 2.08. The van der Waals surface area contributed by atoms with Gasteiger partial charge in [-0.15, -0.1) is 0 Å². The largest absolute Gasteiger partial charge is 0.311 e. The minimum absolute atomic E-state index is 0.254. The summed E-state index contributed by atoms with van der Waals surface area (Å²) in [6.45, 7) is 15.4. The lowest BCUT2D eigenvalue weighted by molar-refractivity contribution is 0.439. The third-order valence-corrected chi connectivity index (χ3v) is 2.79. The summed E-state index contributed by atoms with van der Waals surface area (Å²) in [7, 11) is 0. The van der Waals surface area contributed by atoms with Crippen LogP contribution in [0.5, 0.6) is 0 Å². The van der Waals surface area contributed by atoms with Gasteiger partial charge in [0.15, 0.2) is 0 Å². The van der Waals surface area contributed by atoms with Crippen LogP contribution in [-0.4, -0.2) is 35.7 Å². The molecule has 0 unspecified atom stereocenters. The first-order chi connectivity index (χ1) is 6.71. The highest BCUT2D eigenvalue weighted by Crippen LogP contribution is 2.03. The van der Waals surface area contributed by atoms with Crippen LogP contribution in [-0.2, 0) is 0 Å². The summed E-state index contributed by atoms with van der Waals surface area (Å²) in [5, 5.41) is 6.98. The second-order valence-electron chi connectivity index (χ2n) is 5.97. The fraction of sp³-hybridized carbons (Fsp3) is 1.00. The van der Waals surface area contributed by atoms with E-state index in [1.165, 1.54) is 11.5 Å². The number of thioether (sulfide) groups is 1. The van der Waals surface area contributed by atoms with Crippen molar-refractivity contribution < 1.29 is 0 Å². The van der Waals surface area contributed by atoms with Crippen LogP contribution in [0.1, 0.15) is 41.5 Å². The summed E-state index contributed by atoms with van der Waals surface area (Å²) < 4.78 is 0. The molecule has 0 aromatic rings. The van der Waals surface area contributed by atoms with E-state index in [1.54, 1.807) is 0 Å². The molecular weight excluding hydrogens is 204 g/mol. The maximum Gasteiger partial charge on any atom is 0.00968 e. The van der Waals surface area contributed by atoms with Crippen molar-refractivity contribution in [2.24, 2.45) is 0 Å². The lowest BCUT2D eigenvalue weighted by atomic mass is 10.1. The Labute approximate surface area is 100.0 Å². The van der Waals surface area contributed by atoms with Crippen molar-refractivity contribution in [2.75, 3.05) is 24.6 Å². The Balaban J connectivity index is 3.20. The maximum absolute atomic E-state index is 3.49. The molecule has 2 N–H and O–H groups in total. The summed E-state index contributed by atoms with van der Waals surface area (Å²) in [4.78, 5) is 0. The van der Waals surface area contributed by atoms with Gasteiger partial charge in [0.2, 0.25) is 0 Å². The summed E-state index contributed by atoms with van der Waals surface area (Å²) >= 11 is 2.01. The van der Waals surface area contributed by atoms with Crippen LogP contribution in [0.25, 0.3) is 0 Å². The second kappa shape index (κ2) is 6.77. The molecule has 0 bridgehead atoms. The van der Waals surface area contributed by atoms with Crippen LogP contribution in [0.2, 0.25) is 0 Å². The lowest BCUT2D eigenvalue weighted by Gasteiger charge is -2.21. The zero-order valence-corrected chi connectivity index (χ0v) is 12.1. The molecule has 0 amide bonds. The van der Waals surface area contributed by atoms with Gasteiger partial charge in [-0.05, 0) is 41.5 Å². The predicted molar refractivity (Wildman–Crippen MR) is 72.8 cm³/mol. The molecule has 15 heavy (non-hydrogen) atoms. The number of nitrogens with one attached hydrogen (secondary N) is 2. The molecule has 0 saturated carbocycles. The lowest BCUT2D eigenvalue weighted by Crippen LogP contribution is -2.38. The van der Waals surface area contributed by atoms with Crippen molar-refractivity contribution >= 4 is 11.8 Å². The normalized spacial score (nSPS) is 13.2. The van der Waals surface area contributed by atoms with Crippen molar-refractivity contribution in [1.82, 2.24) is 10.6 Å². The van der Waals surface area contributed by atoms with Gasteiger partial charge in [-0.2, -0.15) is 11.8 Å². The maximum atomic E-state index is 3.49. The molecule has 0 radical (unpaired) electrons. The Morgan fingerprint density at radius 2 is 1.07 bits per heavy atom. The van der Waals surface area contributed by atoms with Gasteiger partial charge in [-0.25, -0.2) is 0 Å². The quantitative estimate of drug-likeness (QED) is 0.688. The van der Waals surface area contributed by atoms with Gasteiger partial charge < -0.3 is 10.6 Å². The highest BCUT2D eigenvalue weighted by atomic mass is 32.2. The van der Waals surface area contributed by atoms with Gasteiger partial charge in [-0.3, -0.25) is 0 Å². The van der Waals surface area contributed by atoms with Crippen molar-refractivity contribution in [1.29, 1.82) is 0 Å². The standard InChI is InChI=1S/C12H28N2S/c1-11(2,3)13-7-9-15-10-8-14-12(4,5)6/h13-14H,7-10H2,1-6H3. The molecular formula is C12H28N2S. The average molecular weight is 232 g/mol. The molecule has 0 heterocycles. The van der Waals surface area contributed by atoms with Crippen LogP contribution >= 0.6 is 11.8 Å². The zero-order valence-electron chi connectivity index (χ0n) is 11.2. The third-order valence-electron chi connectivity index (χ3n) is 1.80. The van der Waals surface area contributed by atoms with Gasteiger partial charge in [0.05, 0.1) is 0 Å². The molecule has 2 nitrogen and oxygen atoms in total. The molecule has 0 aromatic carbocycles.